The number of hydrogen-bond donors (Lipinski definition) is 0. The first-order chi connectivity index (χ1) is 14.9. The Morgan fingerprint density at radius 1 is 1.19 bits per heavy atom. The first kappa shape index (κ1) is 23.7. The third-order valence-corrected chi connectivity index (χ3v) is 6.41. The van der Waals surface area contributed by atoms with Crippen LogP contribution in [0.25, 0.3) is 5.69 Å². The van der Waals surface area contributed by atoms with E-state index in [2.05, 4.69) is 10.1 Å². The molecule has 3 aromatic rings. The monoisotopic (exact) mass is 476 g/mol. The molecule has 2 aromatic heterocycles. The normalized spacial score (nSPS) is 11.9. The van der Waals surface area contributed by atoms with E-state index in [1.165, 1.54) is 27.9 Å². The summed E-state index contributed by atoms with van der Waals surface area (Å²) in [4.78, 5) is 17.8. The fourth-order valence-corrected chi connectivity index (χ4v) is 4.41. The molecule has 0 aliphatic heterocycles. The van der Waals surface area contributed by atoms with Gasteiger partial charge in [0.2, 0.25) is 9.84 Å². The molecule has 0 bridgehead atoms. The Bertz CT molecular complexity index is 1230. The van der Waals surface area contributed by atoms with Crippen LogP contribution in [0.2, 0.25) is 5.02 Å². The number of aryl methyl sites for hydroxylation is 1. The smallest absolute Gasteiger partial charge is 0.410 e. The summed E-state index contributed by atoms with van der Waals surface area (Å²) in [5.74, 6) is 0. The van der Waals surface area contributed by atoms with Gasteiger partial charge in [-0.25, -0.2) is 17.9 Å². The average Bonchev–Trinajstić information content (AvgIpc) is 3.11. The van der Waals surface area contributed by atoms with Crippen LogP contribution in [0.4, 0.5) is 4.79 Å². The number of rotatable bonds is 5. The highest BCUT2D eigenvalue weighted by atomic mass is 35.5. The fourth-order valence-electron chi connectivity index (χ4n) is 2.86. The number of sulfone groups is 1. The molecule has 170 valence electrons. The van der Waals surface area contributed by atoms with Crippen LogP contribution in [0, 0.1) is 6.92 Å². The Morgan fingerprint density at radius 2 is 1.88 bits per heavy atom. The van der Waals surface area contributed by atoms with Gasteiger partial charge in [-0.05, 0) is 52.0 Å². The molecule has 3 rings (SSSR count). The first-order valence-electron chi connectivity index (χ1n) is 9.84. The maximum absolute atomic E-state index is 13.4. The van der Waals surface area contributed by atoms with E-state index in [1.54, 1.807) is 65.1 Å². The highest BCUT2D eigenvalue weighted by molar-refractivity contribution is 7.91. The van der Waals surface area contributed by atoms with E-state index in [4.69, 9.17) is 16.3 Å². The summed E-state index contributed by atoms with van der Waals surface area (Å²) in [7, 11) is -2.41. The van der Waals surface area contributed by atoms with Crippen molar-refractivity contribution in [3.8, 4) is 5.69 Å². The van der Waals surface area contributed by atoms with Gasteiger partial charge < -0.3 is 9.64 Å². The minimum Gasteiger partial charge on any atom is -0.444 e. The minimum absolute atomic E-state index is 0.0309. The Kier molecular flexibility index (Phi) is 6.61. The molecule has 0 saturated carbocycles. The van der Waals surface area contributed by atoms with Crippen LogP contribution in [0.1, 0.15) is 32.2 Å². The molecule has 2 heterocycles. The van der Waals surface area contributed by atoms with Gasteiger partial charge in [0, 0.05) is 25.0 Å². The summed E-state index contributed by atoms with van der Waals surface area (Å²) in [6.45, 7) is 7.12. The molecule has 0 fully saturated rings. The molecular formula is C22H25ClN4O4S. The number of carbonyl (C=O) groups excluding carboxylic acids is 1. The maximum atomic E-state index is 13.4. The number of halogens is 1. The van der Waals surface area contributed by atoms with E-state index in [1.807, 2.05) is 0 Å². The topological polar surface area (TPSA) is 94.4 Å². The van der Waals surface area contributed by atoms with E-state index in [0.29, 0.717) is 22.1 Å². The van der Waals surface area contributed by atoms with Crippen molar-refractivity contribution in [2.45, 2.75) is 49.8 Å². The Hall–Kier alpha value is -2.91. The molecular weight excluding hydrogens is 452 g/mol. The number of hydrogen-bond acceptors (Lipinski definition) is 6. The van der Waals surface area contributed by atoms with Crippen LogP contribution in [-0.4, -0.2) is 46.8 Å². The lowest BCUT2D eigenvalue weighted by atomic mass is 10.2. The second kappa shape index (κ2) is 8.91. The molecule has 0 aliphatic rings. The van der Waals surface area contributed by atoms with Gasteiger partial charge in [0.15, 0.2) is 5.03 Å². The molecule has 0 N–H and O–H groups in total. The van der Waals surface area contributed by atoms with Crippen LogP contribution in [0.3, 0.4) is 0 Å². The maximum Gasteiger partial charge on any atom is 0.410 e. The van der Waals surface area contributed by atoms with Crippen LogP contribution in [0.5, 0.6) is 0 Å². The SMILES string of the molecule is Cc1ccc(S(=O)(=O)c2cc(CN(C)C(=O)OC(C)(C)C)nn2-c2ccccc2Cl)cn1. The third-order valence-electron chi connectivity index (χ3n) is 4.38. The van der Waals surface area contributed by atoms with Crippen LogP contribution in [0.15, 0.2) is 58.6 Å². The van der Waals surface area contributed by atoms with Crippen LogP contribution < -0.4 is 0 Å². The molecule has 32 heavy (non-hydrogen) atoms. The quantitative estimate of drug-likeness (QED) is 0.540. The zero-order valence-corrected chi connectivity index (χ0v) is 20.1. The van der Waals surface area contributed by atoms with Gasteiger partial charge in [-0.3, -0.25) is 4.98 Å². The Labute approximate surface area is 192 Å². The van der Waals surface area contributed by atoms with Gasteiger partial charge in [0.05, 0.1) is 27.8 Å². The van der Waals surface area contributed by atoms with Crippen molar-refractivity contribution in [3.63, 3.8) is 0 Å². The molecule has 0 aliphatic carbocycles. The van der Waals surface area contributed by atoms with Crippen molar-refractivity contribution in [1.29, 1.82) is 0 Å². The zero-order chi connectivity index (χ0) is 23.7. The van der Waals surface area contributed by atoms with Crippen molar-refractivity contribution in [2.75, 3.05) is 7.05 Å². The Balaban J connectivity index is 2.06. The number of amides is 1. The third kappa shape index (κ3) is 5.28. The van der Waals surface area contributed by atoms with Crippen molar-refractivity contribution >= 4 is 27.5 Å². The number of nitrogens with zero attached hydrogens (tertiary/aromatic N) is 4. The standard InChI is InChI=1S/C22H25ClN4O4S/c1-15-10-11-17(13-24-15)32(29,30)20-12-16(14-26(5)21(28)31-22(2,3)4)25-27(20)19-9-7-6-8-18(19)23/h6-13H,14H2,1-5H3. The summed E-state index contributed by atoms with van der Waals surface area (Å²) < 4.78 is 33.5. The van der Waals surface area contributed by atoms with Crippen molar-refractivity contribution in [2.24, 2.45) is 0 Å². The highest BCUT2D eigenvalue weighted by Gasteiger charge is 2.27. The van der Waals surface area contributed by atoms with Gasteiger partial charge in [-0.15, -0.1) is 0 Å². The number of ether oxygens (including phenoxy) is 1. The van der Waals surface area contributed by atoms with E-state index in [-0.39, 0.29) is 16.5 Å². The van der Waals surface area contributed by atoms with Gasteiger partial charge in [0.25, 0.3) is 0 Å². The molecule has 0 spiro atoms. The number of para-hydroxylation sites is 1. The number of pyridine rings is 1. The minimum atomic E-state index is -3.97. The number of aromatic nitrogens is 3. The van der Waals surface area contributed by atoms with Crippen LogP contribution in [-0.2, 0) is 21.1 Å². The van der Waals surface area contributed by atoms with Crippen LogP contribution >= 0.6 is 11.6 Å². The molecule has 0 saturated heterocycles. The first-order valence-corrected chi connectivity index (χ1v) is 11.7. The molecule has 0 atom stereocenters. The van der Waals surface area contributed by atoms with Gasteiger partial charge in [-0.1, -0.05) is 23.7 Å². The molecule has 1 aromatic carbocycles. The lowest BCUT2D eigenvalue weighted by Crippen LogP contribution is -2.33. The molecule has 1 amide bonds. The predicted octanol–water partition coefficient (Wildman–Crippen LogP) is 4.43. The lowest BCUT2D eigenvalue weighted by Gasteiger charge is -2.24. The van der Waals surface area contributed by atoms with Crippen molar-refractivity contribution in [1.82, 2.24) is 19.7 Å². The number of carbonyl (C=O) groups is 1. The summed E-state index contributed by atoms with van der Waals surface area (Å²) in [5, 5.41) is 4.71. The molecule has 10 heteroatoms. The summed E-state index contributed by atoms with van der Waals surface area (Å²) in [6.07, 6.45) is 0.762. The van der Waals surface area contributed by atoms with Crippen molar-refractivity contribution < 1.29 is 17.9 Å². The zero-order valence-electron chi connectivity index (χ0n) is 18.5. The Morgan fingerprint density at radius 3 is 2.47 bits per heavy atom. The fraction of sp³-hybridized carbons (Fsp3) is 0.318. The van der Waals surface area contributed by atoms with Gasteiger partial charge in [0.1, 0.15) is 5.60 Å². The second-order valence-corrected chi connectivity index (χ2v) is 10.6. The summed E-state index contributed by atoms with van der Waals surface area (Å²) in [6, 6.07) is 11.3. The predicted molar refractivity (Wildman–Crippen MR) is 121 cm³/mol. The van der Waals surface area contributed by atoms with Gasteiger partial charge in [-0.2, -0.15) is 5.10 Å². The summed E-state index contributed by atoms with van der Waals surface area (Å²) >= 11 is 6.33. The highest BCUT2D eigenvalue weighted by Crippen LogP contribution is 2.28. The molecule has 0 radical (unpaired) electrons. The van der Waals surface area contributed by atoms with E-state index >= 15 is 0 Å². The summed E-state index contributed by atoms with van der Waals surface area (Å²) in [5.41, 5.74) is 0.800. The van der Waals surface area contributed by atoms with Crippen molar-refractivity contribution in [3.05, 3.63) is 65.1 Å². The van der Waals surface area contributed by atoms with Gasteiger partial charge >= 0.3 is 6.09 Å². The van der Waals surface area contributed by atoms with E-state index in [0.717, 1.165) is 0 Å². The second-order valence-electron chi connectivity index (χ2n) is 8.31. The molecule has 8 nitrogen and oxygen atoms in total. The molecule has 0 unspecified atom stereocenters. The largest absolute Gasteiger partial charge is 0.444 e. The average molecular weight is 477 g/mol. The van der Waals surface area contributed by atoms with E-state index in [9.17, 15) is 13.2 Å². The van der Waals surface area contributed by atoms with E-state index < -0.39 is 21.5 Å². The number of benzene rings is 1. The lowest BCUT2D eigenvalue weighted by molar-refractivity contribution is 0.0283.